The third-order valence-electron chi connectivity index (χ3n) is 5.15. The van der Waals surface area contributed by atoms with E-state index < -0.39 is 15.8 Å². The van der Waals surface area contributed by atoms with Crippen LogP contribution in [0.4, 0.5) is 11.4 Å². The van der Waals surface area contributed by atoms with Crippen molar-refractivity contribution in [1.82, 2.24) is 15.4 Å². The third kappa shape index (κ3) is 7.07. The lowest BCUT2D eigenvalue weighted by Gasteiger charge is -2.14. The summed E-state index contributed by atoms with van der Waals surface area (Å²) in [5.74, 6) is 0.525. The second-order valence-electron chi connectivity index (χ2n) is 7.56. The van der Waals surface area contributed by atoms with E-state index in [0.717, 1.165) is 17.0 Å². The molecule has 0 radical (unpaired) electrons. The van der Waals surface area contributed by atoms with Gasteiger partial charge in [-0.1, -0.05) is 37.7 Å². The Balaban J connectivity index is 1.92. The molecule has 13 heteroatoms. The number of rotatable bonds is 11. The van der Waals surface area contributed by atoms with Gasteiger partial charge in [0, 0.05) is 46.6 Å². The minimum atomic E-state index is -0.619. The molecule has 0 bridgehead atoms. The zero-order chi connectivity index (χ0) is 26.9. The van der Waals surface area contributed by atoms with Crippen LogP contribution in [0.25, 0.3) is 0 Å². The van der Waals surface area contributed by atoms with Gasteiger partial charge in [0.2, 0.25) is 5.88 Å². The predicted octanol–water partition coefficient (Wildman–Crippen LogP) is 4.49. The molecular weight excluding hydrogens is 500 g/mol. The Morgan fingerprint density at radius 3 is 2.35 bits per heavy atom. The van der Waals surface area contributed by atoms with E-state index in [0.29, 0.717) is 23.0 Å². The summed E-state index contributed by atoms with van der Waals surface area (Å²) in [6.07, 6.45) is 0.623. The number of hydrogen-bond donors (Lipinski definition) is 1. The number of ether oxygens (including phenoxy) is 1. The number of aromatic nitrogens is 2. The van der Waals surface area contributed by atoms with Crippen molar-refractivity contribution in [2.24, 2.45) is 5.10 Å². The van der Waals surface area contributed by atoms with E-state index in [2.05, 4.69) is 20.5 Å². The van der Waals surface area contributed by atoms with Gasteiger partial charge in [-0.25, -0.2) is 10.4 Å². The average molecular weight is 525 g/mol. The van der Waals surface area contributed by atoms with E-state index in [1.807, 2.05) is 20.8 Å². The Hall–Kier alpha value is -4.39. The minimum Gasteiger partial charge on any atom is -0.471 e. The molecule has 1 heterocycles. The molecule has 0 atom stereocenters. The normalized spacial score (nSPS) is 11.2. The van der Waals surface area contributed by atoms with Crippen molar-refractivity contribution in [3.63, 3.8) is 0 Å². The number of benzene rings is 2. The summed E-state index contributed by atoms with van der Waals surface area (Å²) < 4.78 is 6.00. The van der Waals surface area contributed by atoms with Crippen LogP contribution in [0.15, 0.2) is 58.8 Å². The van der Waals surface area contributed by atoms with E-state index in [1.54, 1.807) is 6.07 Å². The molecule has 1 amide bonds. The predicted molar refractivity (Wildman–Crippen MR) is 138 cm³/mol. The fourth-order valence-electron chi connectivity index (χ4n) is 3.30. The van der Waals surface area contributed by atoms with Crippen molar-refractivity contribution < 1.29 is 19.4 Å². The largest absolute Gasteiger partial charge is 0.471 e. The molecule has 0 saturated carbocycles. The highest BCUT2D eigenvalue weighted by molar-refractivity contribution is 7.99. The number of carbonyl (C=O) groups is 1. The zero-order valence-corrected chi connectivity index (χ0v) is 21.2. The van der Waals surface area contributed by atoms with Gasteiger partial charge < -0.3 is 4.74 Å². The highest BCUT2D eigenvalue weighted by Crippen LogP contribution is 2.24. The number of amides is 1. The van der Waals surface area contributed by atoms with Crippen LogP contribution in [0.1, 0.15) is 41.0 Å². The lowest BCUT2D eigenvalue weighted by molar-refractivity contribution is -0.385. The maximum Gasteiger partial charge on any atom is 0.271 e. The topological polar surface area (TPSA) is 163 Å². The average Bonchev–Trinajstić information content (AvgIpc) is 2.88. The van der Waals surface area contributed by atoms with Crippen LogP contribution in [0.2, 0.25) is 0 Å². The van der Waals surface area contributed by atoms with Crippen molar-refractivity contribution >= 4 is 34.8 Å². The number of nitro benzene ring substituents is 2. The number of nitro groups is 2. The van der Waals surface area contributed by atoms with Crippen LogP contribution >= 0.6 is 11.8 Å². The second kappa shape index (κ2) is 12.5. The Bertz CT molecular complexity index is 1350. The molecule has 0 aliphatic heterocycles. The van der Waals surface area contributed by atoms with Gasteiger partial charge in [0.05, 0.1) is 9.85 Å². The number of nitrogens with zero attached hydrogens (tertiary/aromatic N) is 5. The molecule has 0 saturated heterocycles. The molecule has 3 rings (SSSR count). The van der Waals surface area contributed by atoms with Crippen LogP contribution in [0.5, 0.6) is 5.88 Å². The molecule has 1 N–H and O–H groups in total. The van der Waals surface area contributed by atoms with Crippen molar-refractivity contribution in [2.75, 3.05) is 12.4 Å². The van der Waals surface area contributed by atoms with Crippen LogP contribution in [-0.2, 0) is 6.42 Å². The molecule has 0 aliphatic rings. The molecule has 0 spiro atoms. The number of carbonyl (C=O) groups excluding carboxylic acids is 1. The summed E-state index contributed by atoms with van der Waals surface area (Å²) >= 11 is 1.47. The molecule has 1 aromatic heterocycles. The highest BCUT2D eigenvalue weighted by Gasteiger charge is 2.16. The lowest BCUT2D eigenvalue weighted by Crippen LogP contribution is -2.23. The second-order valence-corrected chi connectivity index (χ2v) is 8.79. The SMILES string of the molecule is CCSc1nc(C)c(CC)c(OCC(=NNC(=O)c2ccc([N+](=O)[O-])cc2)c2cccc([N+](=O)[O-])c2)n1. The number of non-ortho nitro benzene ring substituents is 2. The summed E-state index contributed by atoms with van der Waals surface area (Å²) in [7, 11) is 0. The standard InChI is InChI=1S/C24H24N6O6S/c1-4-20-15(3)25-24(37-5-2)26-23(20)36-14-21(17-7-6-8-19(13-17)30(34)35)27-28-22(31)16-9-11-18(12-10-16)29(32)33/h6-13H,4-5,14H2,1-3H3,(H,28,31). The van der Waals surface area contributed by atoms with Gasteiger partial charge in [-0.2, -0.15) is 10.1 Å². The first-order valence-electron chi connectivity index (χ1n) is 11.2. The summed E-state index contributed by atoms with van der Waals surface area (Å²) in [5.41, 5.74) is 4.41. The quantitative estimate of drug-likeness (QED) is 0.125. The van der Waals surface area contributed by atoms with Gasteiger partial charge in [0.15, 0.2) is 5.16 Å². The molecule has 2 aromatic carbocycles. The molecule has 12 nitrogen and oxygen atoms in total. The monoisotopic (exact) mass is 524 g/mol. The van der Waals surface area contributed by atoms with Crippen LogP contribution in [-0.4, -0.2) is 43.8 Å². The van der Waals surface area contributed by atoms with Gasteiger partial charge in [-0.05, 0) is 31.2 Å². The molecule has 192 valence electrons. The van der Waals surface area contributed by atoms with Gasteiger partial charge >= 0.3 is 0 Å². The van der Waals surface area contributed by atoms with Crippen molar-refractivity contribution in [2.45, 2.75) is 32.3 Å². The van der Waals surface area contributed by atoms with Crippen LogP contribution < -0.4 is 10.2 Å². The molecule has 0 fully saturated rings. The van der Waals surface area contributed by atoms with E-state index in [4.69, 9.17) is 4.74 Å². The molecular formula is C24H24N6O6S. The first-order chi connectivity index (χ1) is 17.7. The van der Waals surface area contributed by atoms with E-state index >= 15 is 0 Å². The van der Waals surface area contributed by atoms with Crippen LogP contribution in [0, 0.1) is 27.2 Å². The van der Waals surface area contributed by atoms with E-state index in [1.165, 1.54) is 54.2 Å². The lowest BCUT2D eigenvalue weighted by atomic mass is 10.1. The molecule has 37 heavy (non-hydrogen) atoms. The number of nitrogens with one attached hydrogen (secondary N) is 1. The van der Waals surface area contributed by atoms with Gasteiger partial charge in [0.1, 0.15) is 12.3 Å². The number of hydrogen-bond acceptors (Lipinski definition) is 10. The fourth-order valence-corrected chi connectivity index (χ4v) is 3.91. The smallest absolute Gasteiger partial charge is 0.271 e. The number of thioether (sulfide) groups is 1. The maximum atomic E-state index is 12.6. The van der Waals surface area contributed by atoms with Crippen molar-refractivity contribution in [3.05, 3.63) is 91.1 Å². The number of aryl methyl sites for hydroxylation is 1. The summed E-state index contributed by atoms with van der Waals surface area (Å²) in [5, 5.41) is 26.9. The Morgan fingerprint density at radius 1 is 1.03 bits per heavy atom. The molecule has 0 unspecified atom stereocenters. The summed E-state index contributed by atoms with van der Waals surface area (Å²) in [6, 6.07) is 10.8. The first kappa shape index (κ1) is 27.2. The fraction of sp³-hybridized carbons (Fsp3) is 0.250. The Morgan fingerprint density at radius 2 is 1.73 bits per heavy atom. The first-order valence-corrected chi connectivity index (χ1v) is 12.2. The van der Waals surface area contributed by atoms with Gasteiger partial charge in [-0.3, -0.25) is 25.0 Å². The van der Waals surface area contributed by atoms with Gasteiger partial charge in [0.25, 0.3) is 17.3 Å². The zero-order valence-electron chi connectivity index (χ0n) is 20.3. The van der Waals surface area contributed by atoms with E-state index in [-0.39, 0.29) is 29.3 Å². The van der Waals surface area contributed by atoms with E-state index in [9.17, 15) is 25.0 Å². The molecule has 3 aromatic rings. The van der Waals surface area contributed by atoms with Gasteiger partial charge in [-0.15, -0.1) is 0 Å². The summed E-state index contributed by atoms with van der Waals surface area (Å²) in [4.78, 5) is 42.6. The number of hydrazone groups is 1. The Labute approximate surface area is 216 Å². The molecule has 0 aliphatic carbocycles. The minimum absolute atomic E-state index is 0.148. The summed E-state index contributed by atoms with van der Waals surface area (Å²) in [6.45, 7) is 5.65. The third-order valence-corrected chi connectivity index (χ3v) is 5.88. The Kier molecular flexibility index (Phi) is 9.21. The highest BCUT2D eigenvalue weighted by atomic mass is 32.2. The van der Waals surface area contributed by atoms with Crippen LogP contribution in [0.3, 0.4) is 0 Å². The maximum absolute atomic E-state index is 12.6. The van der Waals surface area contributed by atoms with Crippen molar-refractivity contribution in [3.8, 4) is 5.88 Å². The van der Waals surface area contributed by atoms with Crippen molar-refractivity contribution in [1.29, 1.82) is 0 Å².